The Hall–Kier alpha value is -3.94. The minimum atomic E-state index is 0.466. The second-order valence-corrected chi connectivity index (χ2v) is 7.52. The number of H-pyrrole nitrogens is 1. The summed E-state index contributed by atoms with van der Waals surface area (Å²) in [6.45, 7) is 7.60. The Labute approximate surface area is 178 Å². The lowest BCUT2D eigenvalue weighted by molar-refractivity contribution is 0.393. The summed E-state index contributed by atoms with van der Waals surface area (Å²) in [5.74, 6) is 3.12. The molecule has 8 nitrogen and oxygen atoms in total. The molecule has 156 valence electrons. The van der Waals surface area contributed by atoms with Crippen molar-refractivity contribution in [2.24, 2.45) is 0 Å². The first-order valence-electron chi connectivity index (χ1n) is 9.85. The number of nitrogens with one attached hydrogen (secondary N) is 1. The third kappa shape index (κ3) is 3.16. The summed E-state index contributed by atoms with van der Waals surface area (Å²) in [6.07, 6.45) is 3.45. The lowest BCUT2D eigenvalue weighted by atomic mass is 10.0. The predicted molar refractivity (Wildman–Crippen MR) is 117 cm³/mol. The number of ether oxygens (including phenoxy) is 2. The molecule has 0 saturated carbocycles. The first kappa shape index (κ1) is 19.0. The Bertz CT molecular complexity index is 1430. The number of hydrogen-bond acceptors (Lipinski definition) is 7. The van der Waals surface area contributed by atoms with Crippen LogP contribution >= 0.6 is 0 Å². The molecule has 8 heteroatoms. The zero-order chi connectivity index (χ0) is 21.7. The largest absolute Gasteiger partial charge is 0.496 e. The van der Waals surface area contributed by atoms with Gasteiger partial charge < -0.3 is 19.0 Å². The number of nitrogens with zero attached hydrogens (tertiary/aromatic N) is 4. The van der Waals surface area contributed by atoms with Gasteiger partial charge in [-0.3, -0.25) is 4.98 Å². The highest BCUT2D eigenvalue weighted by molar-refractivity contribution is 6.10. The summed E-state index contributed by atoms with van der Waals surface area (Å²) in [5.41, 5.74) is 5.20. The number of aromatic nitrogens is 5. The molecule has 0 bridgehead atoms. The van der Waals surface area contributed by atoms with Crippen LogP contribution in [0.1, 0.15) is 22.8 Å². The summed E-state index contributed by atoms with van der Waals surface area (Å²) in [4.78, 5) is 16.7. The minimum Gasteiger partial charge on any atom is -0.496 e. The average molecular weight is 415 g/mol. The van der Waals surface area contributed by atoms with Crippen molar-refractivity contribution in [2.45, 2.75) is 27.7 Å². The van der Waals surface area contributed by atoms with Crippen LogP contribution in [0.2, 0.25) is 0 Å². The Morgan fingerprint density at radius 1 is 1.00 bits per heavy atom. The van der Waals surface area contributed by atoms with Gasteiger partial charge >= 0.3 is 0 Å². The zero-order valence-electron chi connectivity index (χ0n) is 17.9. The van der Waals surface area contributed by atoms with Gasteiger partial charge in [0.15, 0.2) is 0 Å². The fourth-order valence-corrected chi connectivity index (χ4v) is 3.90. The Morgan fingerprint density at radius 2 is 1.84 bits per heavy atom. The van der Waals surface area contributed by atoms with Crippen LogP contribution in [0.25, 0.3) is 33.1 Å². The van der Waals surface area contributed by atoms with Crippen molar-refractivity contribution in [1.82, 2.24) is 25.1 Å². The third-order valence-electron chi connectivity index (χ3n) is 5.22. The number of aromatic amines is 1. The molecule has 0 atom stereocenters. The standard InChI is InChI=1S/C23H21N5O3/c1-11-6-15(10-24-9-11)30-23-21-16-8-19(29-5)17(20-12(2)28-31-13(20)3)7-18(16)27-22(21)25-14(4)26-23/h6-10H,1-5H3,(H,25,26,27). The van der Waals surface area contributed by atoms with Gasteiger partial charge in [-0.05, 0) is 51.5 Å². The van der Waals surface area contributed by atoms with E-state index in [1.54, 1.807) is 19.5 Å². The normalized spacial score (nSPS) is 11.4. The van der Waals surface area contributed by atoms with Crippen LogP contribution in [0.4, 0.5) is 0 Å². The van der Waals surface area contributed by atoms with Gasteiger partial charge in [0, 0.05) is 22.7 Å². The molecule has 0 saturated heterocycles. The van der Waals surface area contributed by atoms with Crippen LogP contribution in [0.5, 0.6) is 17.4 Å². The molecule has 0 aliphatic heterocycles. The van der Waals surface area contributed by atoms with Crippen molar-refractivity contribution >= 4 is 21.9 Å². The predicted octanol–water partition coefficient (Wildman–Crippen LogP) is 5.20. The first-order valence-corrected chi connectivity index (χ1v) is 9.85. The number of fused-ring (bicyclic) bond motifs is 3. The van der Waals surface area contributed by atoms with Gasteiger partial charge in [0.1, 0.15) is 28.7 Å². The summed E-state index contributed by atoms with van der Waals surface area (Å²) in [6, 6.07) is 5.91. The molecular weight excluding hydrogens is 394 g/mol. The van der Waals surface area contributed by atoms with Crippen molar-refractivity contribution < 1.29 is 14.0 Å². The van der Waals surface area contributed by atoms with Crippen LogP contribution in [0.15, 0.2) is 35.1 Å². The summed E-state index contributed by atoms with van der Waals surface area (Å²) < 4.78 is 17.2. The summed E-state index contributed by atoms with van der Waals surface area (Å²) >= 11 is 0. The first-order chi connectivity index (χ1) is 14.9. The molecule has 0 fully saturated rings. The molecule has 0 radical (unpaired) electrons. The third-order valence-corrected chi connectivity index (χ3v) is 5.22. The topological polar surface area (TPSA) is 99.0 Å². The quantitative estimate of drug-likeness (QED) is 0.431. The van der Waals surface area contributed by atoms with Crippen molar-refractivity contribution in [3.8, 4) is 28.5 Å². The lowest BCUT2D eigenvalue weighted by Gasteiger charge is -2.10. The molecule has 4 heterocycles. The number of methoxy groups -OCH3 is 1. The SMILES string of the molecule is COc1cc2c(cc1-c1c(C)noc1C)[nH]c1nc(C)nc(Oc3cncc(C)c3)c12. The van der Waals surface area contributed by atoms with Crippen LogP contribution in [-0.2, 0) is 0 Å². The highest BCUT2D eigenvalue weighted by atomic mass is 16.5. The lowest BCUT2D eigenvalue weighted by Crippen LogP contribution is -1.95. The van der Waals surface area contributed by atoms with Crippen LogP contribution in [0, 0.1) is 27.7 Å². The van der Waals surface area contributed by atoms with E-state index in [0.717, 1.165) is 44.4 Å². The van der Waals surface area contributed by atoms with Crippen LogP contribution in [0.3, 0.4) is 0 Å². The second kappa shape index (κ2) is 7.09. The van der Waals surface area contributed by atoms with Gasteiger partial charge in [-0.25, -0.2) is 4.98 Å². The van der Waals surface area contributed by atoms with Gasteiger partial charge in [0.2, 0.25) is 5.88 Å². The fourth-order valence-electron chi connectivity index (χ4n) is 3.90. The van der Waals surface area contributed by atoms with E-state index in [1.807, 2.05) is 45.9 Å². The monoisotopic (exact) mass is 415 g/mol. The molecule has 0 aliphatic rings. The summed E-state index contributed by atoms with van der Waals surface area (Å²) in [7, 11) is 1.65. The van der Waals surface area contributed by atoms with E-state index < -0.39 is 0 Å². The highest BCUT2D eigenvalue weighted by Crippen LogP contribution is 2.41. The molecule has 0 unspecified atom stereocenters. The van der Waals surface area contributed by atoms with Gasteiger partial charge in [-0.15, -0.1) is 0 Å². The molecular formula is C23H21N5O3. The molecule has 1 N–H and O–H groups in total. The number of benzene rings is 1. The molecule has 5 aromatic rings. The molecule has 1 aromatic carbocycles. The fraction of sp³-hybridized carbons (Fsp3) is 0.217. The van der Waals surface area contributed by atoms with E-state index in [-0.39, 0.29) is 0 Å². The maximum absolute atomic E-state index is 6.13. The van der Waals surface area contributed by atoms with E-state index in [2.05, 4.69) is 25.1 Å². The molecule has 0 spiro atoms. The van der Waals surface area contributed by atoms with Crippen molar-refractivity contribution in [1.29, 1.82) is 0 Å². The van der Waals surface area contributed by atoms with Gasteiger partial charge in [-0.2, -0.15) is 4.98 Å². The van der Waals surface area contributed by atoms with Gasteiger partial charge in [0.25, 0.3) is 0 Å². The molecule has 0 aliphatic carbocycles. The van der Waals surface area contributed by atoms with Crippen molar-refractivity contribution in [3.05, 3.63) is 53.4 Å². The smallest absolute Gasteiger partial charge is 0.232 e. The number of hydrogen-bond donors (Lipinski definition) is 1. The van der Waals surface area contributed by atoms with Gasteiger partial charge in [-0.1, -0.05) is 5.16 Å². The van der Waals surface area contributed by atoms with Gasteiger partial charge in [0.05, 0.1) is 30.0 Å². The van der Waals surface area contributed by atoms with Crippen molar-refractivity contribution in [3.63, 3.8) is 0 Å². The second-order valence-electron chi connectivity index (χ2n) is 7.52. The van der Waals surface area contributed by atoms with E-state index in [4.69, 9.17) is 14.0 Å². The highest BCUT2D eigenvalue weighted by Gasteiger charge is 2.21. The number of pyridine rings is 1. The minimum absolute atomic E-state index is 0.466. The molecule has 5 rings (SSSR count). The van der Waals surface area contributed by atoms with E-state index in [9.17, 15) is 0 Å². The Kier molecular flexibility index (Phi) is 4.35. The van der Waals surface area contributed by atoms with Crippen molar-refractivity contribution in [2.75, 3.05) is 7.11 Å². The van der Waals surface area contributed by atoms with E-state index >= 15 is 0 Å². The average Bonchev–Trinajstić information content (AvgIpc) is 3.25. The number of rotatable bonds is 4. The number of aryl methyl sites for hydroxylation is 4. The maximum Gasteiger partial charge on any atom is 0.232 e. The van der Waals surface area contributed by atoms with E-state index in [1.165, 1.54) is 0 Å². The molecule has 4 aromatic heterocycles. The van der Waals surface area contributed by atoms with E-state index in [0.29, 0.717) is 28.9 Å². The Morgan fingerprint density at radius 3 is 2.55 bits per heavy atom. The Balaban J connectivity index is 1.76. The van der Waals surface area contributed by atoms with Crippen LogP contribution < -0.4 is 9.47 Å². The van der Waals surface area contributed by atoms with Crippen LogP contribution in [-0.4, -0.2) is 32.2 Å². The zero-order valence-corrected chi connectivity index (χ0v) is 17.9. The molecule has 31 heavy (non-hydrogen) atoms. The maximum atomic E-state index is 6.13. The molecule has 0 amide bonds. The summed E-state index contributed by atoms with van der Waals surface area (Å²) in [5, 5.41) is 5.77.